The van der Waals surface area contributed by atoms with E-state index in [1.807, 2.05) is 0 Å². The Morgan fingerprint density at radius 1 is 1.33 bits per heavy atom. The van der Waals surface area contributed by atoms with Gasteiger partial charge in [-0.2, -0.15) is 0 Å². The molecule has 0 aliphatic heterocycles. The van der Waals surface area contributed by atoms with Crippen molar-refractivity contribution in [3.05, 3.63) is 23.8 Å². The van der Waals surface area contributed by atoms with Crippen LogP contribution in [0, 0.1) is 0 Å². The SMILES string of the molecule is COc1cc(OC(F)(F)F)ccc1CCl. The molecular weight excluding hydrogens is 233 g/mol. The largest absolute Gasteiger partial charge is 0.573 e. The molecule has 0 N–H and O–H groups in total. The van der Waals surface area contributed by atoms with Crippen LogP contribution in [0.15, 0.2) is 18.2 Å². The number of hydrogen-bond donors (Lipinski definition) is 0. The van der Waals surface area contributed by atoms with E-state index in [-0.39, 0.29) is 17.4 Å². The van der Waals surface area contributed by atoms with Gasteiger partial charge in [-0.1, -0.05) is 6.07 Å². The molecule has 0 amide bonds. The fourth-order valence-corrected chi connectivity index (χ4v) is 1.25. The maximum atomic E-state index is 11.9. The smallest absolute Gasteiger partial charge is 0.496 e. The molecule has 6 heteroatoms. The maximum Gasteiger partial charge on any atom is 0.573 e. The summed E-state index contributed by atoms with van der Waals surface area (Å²) in [7, 11) is 1.35. The normalized spacial score (nSPS) is 11.3. The van der Waals surface area contributed by atoms with E-state index in [2.05, 4.69) is 4.74 Å². The number of hydrogen-bond acceptors (Lipinski definition) is 2. The fraction of sp³-hybridized carbons (Fsp3) is 0.333. The molecule has 0 atom stereocenters. The van der Waals surface area contributed by atoms with E-state index in [4.69, 9.17) is 16.3 Å². The third-order valence-corrected chi connectivity index (χ3v) is 1.92. The summed E-state index contributed by atoms with van der Waals surface area (Å²) in [4.78, 5) is 0. The zero-order valence-corrected chi connectivity index (χ0v) is 8.52. The molecule has 0 aliphatic carbocycles. The van der Waals surface area contributed by atoms with E-state index in [9.17, 15) is 13.2 Å². The Labute approximate surface area is 89.6 Å². The van der Waals surface area contributed by atoms with E-state index in [1.54, 1.807) is 0 Å². The van der Waals surface area contributed by atoms with Crippen LogP contribution < -0.4 is 9.47 Å². The molecule has 15 heavy (non-hydrogen) atoms. The van der Waals surface area contributed by atoms with Crippen molar-refractivity contribution in [1.29, 1.82) is 0 Å². The molecule has 1 aromatic rings. The molecule has 1 aromatic carbocycles. The first-order chi connectivity index (χ1) is 6.96. The summed E-state index contributed by atoms with van der Waals surface area (Å²) >= 11 is 5.55. The van der Waals surface area contributed by atoms with Gasteiger partial charge >= 0.3 is 6.36 Å². The molecule has 0 saturated heterocycles. The third-order valence-electron chi connectivity index (χ3n) is 1.64. The number of benzene rings is 1. The van der Waals surface area contributed by atoms with Gasteiger partial charge in [0.25, 0.3) is 0 Å². The first-order valence-electron chi connectivity index (χ1n) is 3.95. The molecule has 0 radical (unpaired) electrons. The van der Waals surface area contributed by atoms with E-state index in [1.165, 1.54) is 19.2 Å². The molecule has 2 nitrogen and oxygen atoms in total. The van der Waals surface area contributed by atoms with Crippen LogP contribution in [0.3, 0.4) is 0 Å². The first-order valence-corrected chi connectivity index (χ1v) is 4.48. The van der Waals surface area contributed by atoms with Gasteiger partial charge in [0.2, 0.25) is 0 Å². The van der Waals surface area contributed by atoms with Gasteiger partial charge in [0, 0.05) is 11.6 Å². The van der Waals surface area contributed by atoms with Gasteiger partial charge in [0.1, 0.15) is 11.5 Å². The molecule has 0 spiro atoms. The van der Waals surface area contributed by atoms with Gasteiger partial charge in [-0.3, -0.25) is 0 Å². The lowest BCUT2D eigenvalue weighted by molar-refractivity contribution is -0.274. The highest BCUT2D eigenvalue weighted by atomic mass is 35.5. The van der Waals surface area contributed by atoms with Crippen molar-refractivity contribution in [3.8, 4) is 11.5 Å². The van der Waals surface area contributed by atoms with Crippen LogP contribution in [0.4, 0.5) is 13.2 Å². The Morgan fingerprint density at radius 3 is 2.47 bits per heavy atom. The van der Waals surface area contributed by atoms with Crippen LogP contribution in [-0.2, 0) is 5.88 Å². The number of methoxy groups -OCH3 is 1. The first kappa shape index (κ1) is 12.0. The molecule has 0 heterocycles. The van der Waals surface area contributed by atoms with Crippen LogP contribution in [0.2, 0.25) is 0 Å². The van der Waals surface area contributed by atoms with Crippen LogP contribution in [0.5, 0.6) is 11.5 Å². The molecular formula is C9H8ClF3O2. The van der Waals surface area contributed by atoms with Crippen LogP contribution in [-0.4, -0.2) is 13.5 Å². The highest BCUT2D eigenvalue weighted by Gasteiger charge is 2.31. The van der Waals surface area contributed by atoms with Gasteiger partial charge in [0.05, 0.1) is 13.0 Å². The Hall–Kier alpha value is -1.10. The van der Waals surface area contributed by atoms with Crippen molar-refractivity contribution in [3.63, 3.8) is 0 Å². The van der Waals surface area contributed by atoms with Crippen molar-refractivity contribution >= 4 is 11.6 Å². The number of alkyl halides is 4. The van der Waals surface area contributed by atoms with E-state index < -0.39 is 6.36 Å². The van der Waals surface area contributed by atoms with E-state index >= 15 is 0 Å². The van der Waals surface area contributed by atoms with E-state index in [0.717, 1.165) is 6.07 Å². The molecule has 0 saturated carbocycles. The summed E-state index contributed by atoms with van der Waals surface area (Å²) in [5, 5.41) is 0. The van der Waals surface area contributed by atoms with E-state index in [0.29, 0.717) is 5.56 Å². The summed E-state index contributed by atoms with van der Waals surface area (Å²) < 4.78 is 44.2. The minimum absolute atomic E-state index is 0.162. The summed E-state index contributed by atoms with van der Waals surface area (Å²) in [5.41, 5.74) is 0.605. The molecule has 1 rings (SSSR count). The summed E-state index contributed by atoms with van der Waals surface area (Å²) in [6.45, 7) is 0. The minimum Gasteiger partial charge on any atom is -0.496 e. The quantitative estimate of drug-likeness (QED) is 0.755. The van der Waals surface area contributed by atoms with Gasteiger partial charge < -0.3 is 9.47 Å². The Kier molecular flexibility index (Phi) is 3.68. The lowest BCUT2D eigenvalue weighted by Gasteiger charge is -2.11. The zero-order chi connectivity index (χ0) is 11.5. The Balaban J connectivity index is 2.93. The Bertz CT molecular complexity index is 339. The standard InChI is InChI=1S/C9H8ClF3O2/c1-14-8-4-7(15-9(11,12)13)3-2-6(8)5-10/h2-4H,5H2,1H3. The molecule has 84 valence electrons. The zero-order valence-electron chi connectivity index (χ0n) is 7.77. The molecule has 0 unspecified atom stereocenters. The number of halogens is 4. The minimum atomic E-state index is -4.70. The Morgan fingerprint density at radius 2 is 2.00 bits per heavy atom. The summed E-state index contributed by atoms with van der Waals surface area (Å²) in [6.07, 6.45) is -4.70. The topological polar surface area (TPSA) is 18.5 Å². The average Bonchev–Trinajstić information content (AvgIpc) is 2.15. The summed E-state index contributed by atoms with van der Waals surface area (Å²) in [5.74, 6) is 0.107. The fourth-order valence-electron chi connectivity index (χ4n) is 1.03. The number of ether oxygens (including phenoxy) is 2. The predicted octanol–water partition coefficient (Wildman–Crippen LogP) is 3.33. The lowest BCUT2D eigenvalue weighted by atomic mass is 10.2. The van der Waals surface area contributed by atoms with Crippen molar-refractivity contribution in [2.75, 3.05) is 7.11 Å². The second kappa shape index (κ2) is 4.61. The van der Waals surface area contributed by atoms with Crippen molar-refractivity contribution in [1.82, 2.24) is 0 Å². The number of rotatable bonds is 3. The predicted molar refractivity (Wildman–Crippen MR) is 49.2 cm³/mol. The van der Waals surface area contributed by atoms with Crippen LogP contribution in [0.1, 0.15) is 5.56 Å². The average molecular weight is 241 g/mol. The molecule has 0 aromatic heterocycles. The van der Waals surface area contributed by atoms with Crippen LogP contribution in [0.25, 0.3) is 0 Å². The second-order valence-electron chi connectivity index (χ2n) is 2.66. The summed E-state index contributed by atoms with van der Waals surface area (Å²) in [6, 6.07) is 3.76. The van der Waals surface area contributed by atoms with Gasteiger partial charge in [-0.05, 0) is 6.07 Å². The highest BCUT2D eigenvalue weighted by Crippen LogP contribution is 2.29. The van der Waals surface area contributed by atoms with Crippen molar-refractivity contribution in [2.45, 2.75) is 12.2 Å². The second-order valence-corrected chi connectivity index (χ2v) is 2.92. The van der Waals surface area contributed by atoms with Gasteiger partial charge in [-0.25, -0.2) is 0 Å². The highest BCUT2D eigenvalue weighted by molar-refractivity contribution is 6.17. The van der Waals surface area contributed by atoms with Crippen molar-refractivity contribution < 1.29 is 22.6 Å². The van der Waals surface area contributed by atoms with Gasteiger partial charge in [0.15, 0.2) is 0 Å². The lowest BCUT2D eigenvalue weighted by Crippen LogP contribution is -2.17. The van der Waals surface area contributed by atoms with Crippen LogP contribution >= 0.6 is 11.6 Å². The van der Waals surface area contributed by atoms with Crippen molar-refractivity contribution in [2.24, 2.45) is 0 Å². The maximum absolute atomic E-state index is 11.9. The molecule has 0 fully saturated rings. The third kappa shape index (κ3) is 3.51. The molecule has 0 bridgehead atoms. The monoisotopic (exact) mass is 240 g/mol. The van der Waals surface area contributed by atoms with Gasteiger partial charge in [-0.15, -0.1) is 24.8 Å². The molecule has 0 aliphatic rings.